The zero-order valence-corrected chi connectivity index (χ0v) is 10.7. The number of alkyl halides is 3. The number of nitrogens with one attached hydrogen (secondary N) is 1. The van der Waals surface area contributed by atoms with E-state index in [1.54, 1.807) is 0 Å². The molecule has 20 heavy (non-hydrogen) atoms. The second kappa shape index (κ2) is 4.68. The van der Waals surface area contributed by atoms with Crippen LogP contribution in [0.1, 0.15) is 23.5 Å². The lowest BCUT2D eigenvalue weighted by Crippen LogP contribution is -2.37. The number of halogens is 3. The van der Waals surface area contributed by atoms with Crippen LogP contribution in [0, 0.1) is 5.92 Å². The number of carbonyl (C=O) groups excluding carboxylic acids is 1. The van der Waals surface area contributed by atoms with Gasteiger partial charge in [-0.25, -0.2) is 0 Å². The second-order valence-corrected chi connectivity index (χ2v) is 5.23. The van der Waals surface area contributed by atoms with E-state index in [4.69, 9.17) is 4.74 Å². The Morgan fingerprint density at radius 1 is 1.40 bits per heavy atom. The molecule has 108 valence electrons. The van der Waals surface area contributed by atoms with Gasteiger partial charge in [-0.1, -0.05) is 12.1 Å². The predicted octanol–water partition coefficient (Wildman–Crippen LogP) is 2.40. The van der Waals surface area contributed by atoms with Crippen molar-refractivity contribution in [3.8, 4) is 5.75 Å². The number of rotatable bonds is 3. The Balaban J connectivity index is 1.60. The highest BCUT2D eigenvalue weighted by Crippen LogP contribution is 2.50. The second-order valence-electron chi connectivity index (χ2n) is 5.23. The maximum Gasteiger partial charge on any atom is 0.471 e. The average molecular weight is 285 g/mol. The van der Waals surface area contributed by atoms with E-state index in [1.807, 2.05) is 23.5 Å². The van der Waals surface area contributed by atoms with Crippen molar-refractivity contribution in [1.82, 2.24) is 5.32 Å². The Hall–Kier alpha value is -1.72. The molecule has 1 fully saturated rings. The largest absolute Gasteiger partial charge is 0.493 e. The molecule has 1 aliphatic heterocycles. The highest BCUT2D eigenvalue weighted by molar-refractivity contribution is 5.81. The number of ether oxygens (including phenoxy) is 1. The lowest BCUT2D eigenvalue weighted by molar-refractivity contribution is -0.173. The SMILES string of the molecule is O=C(NCC1CC1c1cccc2c1CCO2)C(F)(F)F. The van der Waals surface area contributed by atoms with Crippen molar-refractivity contribution >= 4 is 5.91 Å². The molecule has 2 unspecified atom stereocenters. The van der Waals surface area contributed by atoms with E-state index in [0.29, 0.717) is 6.61 Å². The number of hydrogen-bond donors (Lipinski definition) is 1. The van der Waals surface area contributed by atoms with Gasteiger partial charge in [0, 0.05) is 18.5 Å². The van der Waals surface area contributed by atoms with Crippen LogP contribution in [-0.2, 0) is 11.2 Å². The van der Waals surface area contributed by atoms with E-state index in [0.717, 1.165) is 24.2 Å². The normalized spacial score (nSPS) is 23.9. The van der Waals surface area contributed by atoms with E-state index < -0.39 is 12.1 Å². The van der Waals surface area contributed by atoms with Gasteiger partial charge >= 0.3 is 12.1 Å². The van der Waals surface area contributed by atoms with Crippen molar-refractivity contribution in [3.05, 3.63) is 29.3 Å². The smallest absolute Gasteiger partial charge is 0.471 e. The molecule has 0 aromatic heterocycles. The Morgan fingerprint density at radius 2 is 2.20 bits per heavy atom. The number of hydrogen-bond acceptors (Lipinski definition) is 2. The van der Waals surface area contributed by atoms with Crippen LogP contribution in [0.5, 0.6) is 5.75 Å². The van der Waals surface area contributed by atoms with Crippen molar-refractivity contribution in [2.24, 2.45) is 5.92 Å². The van der Waals surface area contributed by atoms with Crippen LogP contribution >= 0.6 is 0 Å². The van der Waals surface area contributed by atoms with Crippen molar-refractivity contribution in [2.75, 3.05) is 13.2 Å². The molecule has 0 radical (unpaired) electrons. The molecule has 0 spiro atoms. The van der Waals surface area contributed by atoms with E-state index in [2.05, 4.69) is 0 Å². The molecule has 6 heteroatoms. The summed E-state index contributed by atoms with van der Waals surface area (Å²) in [7, 11) is 0. The molecule has 1 aromatic carbocycles. The predicted molar refractivity (Wildman–Crippen MR) is 65.6 cm³/mol. The van der Waals surface area contributed by atoms with Crippen LogP contribution < -0.4 is 10.1 Å². The first-order valence-corrected chi connectivity index (χ1v) is 6.56. The Bertz CT molecular complexity index is 542. The van der Waals surface area contributed by atoms with E-state index in [-0.39, 0.29) is 18.4 Å². The summed E-state index contributed by atoms with van der Waals surface area (Å²) in [6.07, 6.45) is -3.13. The molecular formula is C14H14F3NO2. The summed E-state index contributed by atoms with van der Waals surface area (Å²) in [5, 5.41) is 1.96. The highest BCUT2D eigenvalue weighted by atomic mass is 19.4. The molecule has 2 aliphatic rings. The standard InChI is InChI=1S/C14H14F3NO2/c15-14(16,17)13(19)18-7-8-6-11(8)9-2-1-3-12-10(9)4-5-20-12/h1-3,8,11H,4-7H2,(H,18,19). The monoisotopic (exact) mass is 285 g/mol. The maximum absolute atomic E-state index is 12.1. The quantitative estimate of drug-likeness (QED) is 0.926. The fourth-order valence-electron chi connectivity index (χ4n) is 2.77. The van der Waals surface area contributed by atoms with Gasteiger partial charge in [0.05, 0.1) is 6.61 Å². The van der Waals surface area contributed by atoms with Gasteiger partial charge in [0.15, 0.2) is 0 Å². The van der Waals surface area contributed by atoms with Crippen LogP contribution in [-0.4, -0.2) is 25.2 Å². The molecule has 1 heterocycles. The summed E-state index contributed by atoms with van der Waals surface area (Å²) in [5.74, 6) is -0.647. The average Bonchev–Trinajstić information content (AvgIpc) is 2.99. The molecule has 3 nitrogen and oxygen atoms in total. The van der Waals surface area contributed by atoms with Crippen molar-refractivity contribution in [3.63, 3.8) is 0 Å². The van der Waals surface area contributed by atoms with Gasteiger partial charge in [0.25, 0.3) is 0 Å². The summed E-state index contributed by atoms with van der Waals surface area (Å²) >= 11 is 0. The van der Waals surface area contributed by atoms with Gasteiger partial charge in [-0.3, -0.25) is 4.79 Å². The first-order valence-electron chi connectivity index (χ1n) is 6.56. The summed E-state index contributed by atoms with van der Waals surface area (Å²) < 4.78 is 41.8. The maximum atomic E-state index is 12.1. The van der Waals surface area contributed by atoms with Crippen LogP contribution in [0.15, 0.2) is 18.2 Å². The Morgan fingerprint density at radius 3 is 2.95 bits per heavy atom. The number of fused-ring (bicyclic) bond motifs is 1. The molecule has 0 saturated heterocycles. The molecular weight excluding hydrogens is 271 g/mol. The number of amides is 1. The first-order chi connectivity index (χ1) is 9.47. The third kappa shape index (κ3) is 2.46. The van der Waals surface area contributed by atoms with E-state index >= 15 is 0 Å². The molecule has 0 bridgehead atoms. The van der Waals surface area contributed by atoms with Gasteiger partial charge in [0.1, 0.15) is 5.75 Å². The first kappa shape index (κ1) is 13.3. The lowest BCUT2D eigenvalue weighted by atomic mass is 10.00. The summed E-state index contributed by atoms with van der Waals surface area (Å²) in [5.41, 5.74) is 2.33. The van der Waals surface area contributed by atoms with Gasteiger partial charge in [-0.05, 0) is 29.9 Å². The minimum absolute atomic E-state index is 0.0769. The molecule has 1 N–H and O–H groups in total. The molecule has 1 aromatic rings. The van der Waals surface area contributed by atoms with Crippen LogP contribution in [0.2, 0.25) is 0 Å². The summed E-state index contributed by atoms with van der Waals surface area (Å²) in [6.45, 7) is 0.738. The minimum atomic E-state index is -4.80. The summed E-state index contributed by atoms with van der Waals surface area (Å²) in [4.78, 5) is 10.8. The fourth-order valence-corrected chi connectivity index (χ4v) is 2.77. The lowest BCUT2D eigenvalue weighted by Gasteiger charge is -2.09. The molecule has 1 amide bonds. The molecule has 3 rings (SSSR count). The van der Waals surface area contributed by atoms with Crippen LogP contribution in [0.3, 0.4) is 0 Å². The number of carbonyl (C=O) groups is 1. The third-order valence-corrected chi connectivity index (χ3v) is 3.88. The molecule has 1 saturated carbocycles. The van der Waals surface area contributed by atoms with Crippen molar-refractivity contribution < 1.29 is 22.7 Å². The van der Waals surface area contributed by atoms with Crippen molar-refractivity contribution in [1.29, 1.82) is 0 Å². The van der Waals surface area contributed by atoms with Crippen molar-refractivity contribution in [2.45, 2.75) is 24.9 Å². The molecule has 2 atom stereocenters. The molecule has 1 aliphatic carbocycles. The fraction of sp³-hybridized carbons (Fsp3) is 0.500. The Kier molecular flexibility index (Phi) is 3.11. The zero-order chi connectivity index (χ0) is 14.3. The topological polar surface area (TPSA) is 38.3 Å². The van der Waals surface area contributed by atoms with Gasteiger partial charge in [-0.2, -0.15) is 13.2 Å². The Labute approximate surface area is 114 Å². The van der Waals surface area contributed by atoms with Crippen LogP contribution in [0.25, 0.3) is 0 Å². The third-order valence-electron chi connectivity index (χ3n) is 3.88. The van der Waals surface area contributed by atoms with Gasteiger partial charge < -0.3 is 10.1 Å². The van der Waals surface area contributed by atoms with E-state index in [1.165, 1.54) is 5.56 Å². The van der Waals surface area contributed by atoms with E-state index in [9.17, 15) is 18.0 Å². The number of benzene rings is 1. The van der Waals surface area contributed by atoms with Gasteiger partial charge in [-0.15, -0.1) is 0 Å². The zero-order valence-electron chi connectivity index (χ0n) is 10.7. The van der Waals surface area contributed by atoms with Gasteiger partial charge in [0.2, 0.25) is 0 Å². The summed E-state index contributed by atoms with van der Waals surface area (Å²) in [6, 6.07) is 5.82. The van der Waals surface area contributed by atoms with Crippen LogP contribution in [0.4, 0.5) is 13.2 Å². The highest BCUT2D eigenvalue weighted by Gasteiger charge is 2.43. The minimum Gasteiger partial charge on any atom is -0.493 e.